The van der Waals surface area contributed by atoms with E-state index in [1.165, 1.54) is 24.3 Å². The molecular weight excluding hydrogens is 379 g/mol. The van der Waals surface area contributed by atoms with E-state index in [1.807, 2.05) is 0 Å². The number of nitrogens with zero attached hydrogens (tertiary/aromatic N) is 1. The second kappa shape index (κ2) is 10.0. The molecule has 0 saturated heterocycles. The summed E-state index contributed by atoms with van der Waals surface area (Å²) in [4.78, 5) is 31.0. The third-order valence-corrected chi connectivity index (χ3v) is 3.79. The van der Waals surface area contributed by atoms with Crippen LogP contribution in [0.1, 0.15) is 17.9 Å². The van der Waals surface area contributed by atoms with Crippen LogP contribution in [-0.4, -0.2) is 51.3 Å². The first-order valence-electron chi connectivity index (χ1n) is 7.05. The van der Waals surface area contributed by atoms with Gasteiger partial charge in [0.2, 0.25) is 0 Å². The van der Waals surface area contributed by atoms with Crippen LogP contribution in [0.25, 0.3) is 0 Å². The van der Waals surface area contributed by atoms with Crippen LogP contribution in [0.15, 0.2) is 24.3 Å². The first kappa shape index (κ1) is 20.9. The van der Waals surface area contributed by atoms with Crippen LogP contribution in [0.4, 0.5) is 10.5 Å². The van der Waals surface area contributed by atoms with Crippen LogP contribution in [0.2, 0.25) is 0 Å². The van der Waals surface area contributed by atoms with Crippen molar-refractivity contribution in [1.82, 2.24) is 5.32 Å². The molecule has 1 aromatic rings. The molecule has 0 aliphatic heterocycles. The standard InChI is InChI=1S/C14H16Cl2N2O7/c15-12(16)13(20)17-11(7-19)10(5-6-25-14(21)22)8-1-3-9(4-2-8)18(23)24/h1-4,10-12,19H,5-7H2,(H,17,20)(H,21,22)/t10-,11+/m1/s1. The van der Waals surface area contributed by atoms with Gasteiger partial charge >= 0.3 is 6.16 Å². The number of benzene rings is 1. The first-order chi connectivity index (χ1) is 11.8. The number of amides is 1. The van der Waals surface area contributed by atoms with Gasteiger partial charge in [-0.3, -0.25) is 14.9 Å². The molecule has 0 heterocycles. The molecule has 3 N–H and O–H groups in total. The van der Waals surface area contributed by atoms with Gasteiger partial charge in [0, 0.05) is 18.1 Å². The molecule has 11 heteroatoms. The Kier molecular flexibility index (Phi) is 8.39. The van der Waals surface area contributed by atoms with E-state index in [0.717, 1.165) is 0 Å². The quantitative estimate of drug-likeness (QED) is 0.252. The van der Waals surface area contributed by atoms with E-state index in [4.69, 9.17) is 28.3 Å². The summed E-state index contributed by atoms with van der Waals surface area (Å²) in [6.07, 6.45) is -1.35. The highest BCUT2D eigenvalue weighted by Gasteiger charge is 2.27. The van der Waals surface area contributed by atoms with Crippen molar-refractivity contribution < 1.29 is 29.5 Å². The fourth-order valence-electron chi connectivity index (χ4n) is 2.24. The van der Waals surface area contributed by atoms with Gasteiger partial charge in [0.25, 0.3) is 11.6 Å². The highest BCUT2D eigenvalue weighted by atomic mass is 35.5. The Bertz CT molecular complexity index is 610. The molecule has 0 saturated carbocycles. The number of halogens is 2. The number of carbonyl (C=O) groups excluding carboxylic acids is 1. The molecule has 0 spiro atoms. The van der Waals surface area contributed by atoms with E-state index in [9.17, 15) is 24.8 Å². The molecule has 0 aliphatic rings. The lowest BCUT2D eigenvalue weighted by atomic mass is 9.88. The summed E-state index contributed by atoms with van der Waals surface area (Å²) in [5, 5.41) is 31.3. The van der Waals surface area contributed by atoms with Gasteiger partial charge in [-0.15, -0.1) is 0 Å². The highest BCUT2D eigenvalue weighted by Crippen LogP contribution is 2.26. The van der Waals surface area contributed by atoms with Crippen LogP contribution in [0.3, 0.4) is 0 Å². The Morgan fingerprint density at radius 1 is 1.28 bits per heavy atom. The molecule has 0 aliphatic carbocycles. The molecule has 1 rings (SSSR count). The van der Waals surface area contributed by atoms with Crippen molar-refractivity contribution in [2.24, 2.45) is 0 Å². The third-order valence-electron chi connectivity index (χ3n) is 3.39. The van der Waals surface area contributed by atoms with E-state index in [-0.39, 0.29) is 18.7 Å². The van der Waals surface area contributed by atoms with E-state index >= 15 is 0 Å². The summed E-state index contributed by atoms with van der Waals surface area (Å²) in [6, 6.07) is 4.60. The number of ether oxygens (including phenoxy) is 1. The Hall–Kier alpha value is -2.10. The molecule has 0 fully saturated rings. The largest absolute Gasteiger partial charge is 0.505 e. The Labute approximate surface area is 152 Å². The van der Waals surface area contributed by atoms with Crippen molar-refractivity contribution in [1.29, 1.82) is 0 Å². The average Bonchev–Trinajstić information content (AvgIpc) is 2.56. The molecule has 0 aromatic heterocycles. The van der Waals surface area contributed by atoms with Crippen molar-refractivity contribution >= 4 is 41.0 Å². The zero-order valence-corrected chi connectivity index (χ0v) is 14.3. The second-order valence-electron chi connectivity index (χ2n) is 4.96. The van der Waals surface area contributed by atoms with Crippen molar-refractivity contribution in [2.45, 2.75) is 23.2 Å². The Morgan fingerprint density at radius 2 is 1.88 bits per heavy atom. The van der Waals surface area contributed by atoms with E-state index in [2.05, 4.69) is 10.1 Å². The number of aliphatic hydroxyl groups is 1. The van der Waals surface area contributed by atoms with Gasteiger partial charge in [0.05, 0.1) is 24.2 Å². The number of non-ortho nitro benzene ring substituents is 1. The van der Waals surface area contributed by atoms with Crippen LogP contribution in [0, 0.1) is 10.1 Å². The van der Waals surface area contributed by atoms with Crippen molar-refractivity contribution in [2.75, 3.05) is 13.2 Å². The lowest BCUT2D eigenvalue weighted by Gasteiger charge is -2.27. The number of carbonyl (C=O) groups is 2. The molecule has 2 atom stereocenters. The number of nitro benzene ring substituents is 1. The maximum absolute atomic E-state index is 11.7. The van der Waals surface area contributed by atoms with Gasteiger partial charge in [-0.2, -0.15) is 0 Å². The summed E-state index contributed by atoms with van der Waals surface area (Å²) in [5.74, 6) is -1.31. The van der Waals surface area contributed by atoms with E-state index < -0.39 is 40.4 Å². The van der Waals surface area contributed by atoms with Crippen molar-refractivity contribution in [3.8, 4) is 0 Å². The SMILES string of the molecule is O=C(O)OCC[C@H](c1ccc([N+](=O)[O-])cc1)[C@H](CO)NC(=O)C(Cl)Cl. The van der Waals surface area contributed by atoms with Crippen LogP contribution < -0.4 is 5.32 Å². The Balaban J connectivity index is 3.02. The highest BCUT2D eigenvalue weighted by molar-refractivity contribution is 6.53. The summed E-state index contributed by atoms with van der Waals surface area (Å²) in [7, 11) is 0. The van der Waals surface area contributed by atoms with E-state index in [1.54, 1.807) is 0 Å². The van der Waals surface area contributed by atoms with Gasteiger partial charge in [-0.1, -0.05) is 35.3 Å². The number of rotatable bonds is 9. The molecule has 0 bridgehead atoms. The number of carboxylic acid groups (broad SMARTS) is 1. The fourth-order valence-corrected chi connectivity index (χ4v) is 2.36. The zero-order valence-electron chi connectivity index (χ0n) is 12.8. The molecule has 25 heavy (non-hydrogen) atoms. The minimum atomic E-state index is -1.46. The molecule has 138 valence electrons. The maximum Gasteiger partial charge on any atom is 0.505 e. The van der Waals surface area contributed by atoms with Crippen LogP contribution in [-0.2, 0) is 9.53 Å². The number of nitro groups is 1. The molecule has 1 amide bonds. The van der Waals surface area contributed by atoms with Gasteiger partial charge in [-0.05, 0) is 12.0 Å². The number of hydrogen-bond acceptors (Lipinski definition) is 6. The smallest absolute Gasteiger partial charge is 0.450 e. The van der Waals surface area contributed by atoms with Gasteiger partial charge in [-0.25, -0.2) is 4.79 Å². The normalized spacial score (nSPS) is 13.1. The van der Waals surface area contributed by atoms with Crippen LogP contribution in [0.5, 0.6) is 0 Å². The summed E-state index contributed by atoms with van der Waals surface area (Å²) >= 11 is 11.0. The number of hydrogen-bond donors (Lipinski definition) is 3. The van der Waals surface area contributed by atoms with Crippen molar-refractivity contribution in [3.05, 3.63) is 39.9 Å². The average molecular weight is 395 g/mol. The summed E-state index contributed by atoms with van der Waals surface area (Å²) in [6.45, 7) is -0.685. The van der Waals surface area contributed by atoms with Crippen molar-refractivity contribution in [3.63, 3.8) is 0 Å². The molecule has 0 radical (unpaired) electrons. The number of nitrogens with one attached hydrogen (secondary N) is 1. The second-order valence-corrected chi connectivity index (χ2v) is 6.05. The number of alkyl halides is 2. The number of aliphatic hydroxyl groups excluding tert-OH is 1. The van der Waals surface area contributed by atoms with Gasteiger partial charge < -0.3 is 20.3 Å². The first-order valence-corrected chi connectivity index (χ1v) is 7.93. The Morgan fingerprint density at radius 3 is 2.32 bits per heavy atom. The minimum Gasteiger partial charge on any atom is -0.450 e. The third kappa shape index (κ3) is 6.73. The molecule has 0 unspecified atom stereocenters. The van der Waals surface area contributed by atoms with E-state index in [0.29, 0.717) is 5.56 Å². The predicted octanol–water partition coefficient (Wildman–Crippen LogP) is 2.04. The minimum absolute atomic E-state index is 0.116. The summed E-state index contributed by atoms with van der Waals surface area (Å²) in [5.41, 5.74) is 0.412. The lowest BCUT2D eigenvalue weighted by molar-refractivity contribution is -0.384. The topological polar surface area (TPSA) is 139 Å². The molecular formula is C14H16Cl2N2O7. The molecule has 1 aromatic carbocycles. The maximum atomic E-state index is 11.7. The fraction of sp³-hybridized carbons (Fsp3) is 0.429. The predicted molar refractivity (Wildman–Crippen MR) is 88.9 cm³/mol. The lowest BCUT2D eigenvalue weighted by Crippen LogP contribution is -2.44. The monoisotopic (exact) mass is 394 g/mol. The zero-order chi connectivity index (χ0) is 19.0. The molecule has 9 nitrogen and oxygen atoms in total. The van der Waals surface area contributed by atoms with Gasteiger partial charge in [0.15, 0.2) is 4.84 Å². The summed E-state index contributed by atoms with van der Waals surface area (Å²) < 4.78 is 4.46. The van der Waals surface area contributed by atoms with Crippen LogP contribution >= 0.6 is 23.2 Å². The van der Waals surface area contributed by atoms with Gasteiger partial charge in [0.1, 0.15) is 0 Å².